The van der Waals surface area contributed by atoms with Crippen molar-refractivity contribution < 1.29 is 0 Å². The minimum absolute atomic E-state index is 1.11. The third-order valence-electron chi connectivity index (χ3n) is 5.24. The summed E-state index contributed by atoms with van der Waals surface area (Å²) >= 11 is 5.53. The first kappa shape index (κ1) is 15.4. The Balaban J connectivity index is 1.85. The molecule has 0 saturated heterocycles. The molecule has 0 aliphatic carbocycles. The van der Waals surface area contributed by atoms with Gasteiger partial charge in [0.1, 0.15) is 0 Å². The maximum Gasteiger partial charge on any atom is 0.0555 e. The van der Waals surface area contributed by atoms with Gasteiger partial charge in [-0.05, 0) is 48.5 Å². The average molecular weight is 428 g/mol. The van der Waals surface area contributed by atoms with E-state index in [4.69, 9.17) is 0 Å². The summed E-state index contributed by atoms with van der Waals surface area (Å²) in [6.45, 7) is 0. The molecular formula is C24H14BrNS. The van der Waals surface area contributed by atoms with Gasteiger partial charge in [0, 0.05) is 41.1 Å². The highest BCUT2D eigenvalue weighted by atomic mass is 79.9. The van der Waals surface area contributed by atoms with Crippen LogP contribution in [-0.2, 0) is 0 Å². The summed E-state index contributed by atoms with van der Waals surface area (Å²) in [4.78, 5) is 0. The van der Waals surface area contributed by atoms with Crippen molar-refractivity contribution in [2.45, 2.75) is 0 Å². The SMILES string of the molecule is Brc1ccc2c(c1)c1cc3c(cc1n2-c1ccccc1)sc1ccccc13. The Hall–Kier alpha value is -2.62. The summed E-state index contributed by atoms with van der Waals surface area (Å²) in [6.07, 6.45) is 0. The first-order valence-electron chi connectivity index (χ1n) is 8.90. The molecule has 2 aromatic heterocycles. The Labute approximate surface area is 168 Å². The summed E-state index contributed by atoms with van der Waals surface area (Å²) in [6, 6.07) is 30.6. The molecule has 27 heavy (non-hydrogen) atoms. The minimum atomic E-state index is 1.11. The third-order valence-corrected chi connectivity index (χ3v) is 6.87. The number of hydrogen-bond acceptors (Lipinski definition) is 1. The zero-order valence-electron chi connectivity index (χ0n) is 14.3. The zero-order valence-corrected chi connectivity index (χ0v) is 16.7. The zero-order chi connectivity index (χ0) is 18.0. The molecule has 0 aliphatic heterocycles. The van der Waals surface area contributed by atoms with Crippen LogP contribution in [0.5, 0.6) is 0 Å². The highest BCUT2D eigenvalue weighted by Crippen LogP contribution is 2.40. The molecule has 0 saturated carbocycles. The molecule has 2 heterocycles. The molecule has 4 aromatic carbocycles. The van der Waals surface area contributed by atoms with Crippen molar-refractivity contribution in [3.63, 3.8) is 0 Å². The van der Waals surface area contributed by atoms with Gasteiger partial charge in [0.05, 0.1) is 11.0 Å². The van der Waals surface area contributed by atoms with Crippen LogP contribution < -0.4 is 0 Å². The number of aromatic nitrogens is 1. The maximum atomic E-state index is 3.66. The number of halogens is 1. The molecule has 0 atom stereocenters. The van der Waals surface area contributed by atoms with Crippen molar-refractivity contribution in [2.75, 3.05) is 0 Å². The Morgan fingerprint density at radius 2 is 1.37 bits per heavy atom. The predicted molar refractivity (Wildman–Crippen MR) is 121 cm³/mol. The lowest BCUT2D eigenvalue weighted by Gasteiger charge is -2.07. The second-order valence-corrected chi connectivity index (χ2v) is 8.80. The van der Waals surface area contributed by atoms with Crippen LogP contribution in [0.1, 0.15) is 0 Å². The van der Waals surface area contributed by atoms with E-state index in [1.807, 2.05) is 11.3 Å². The maximum absolute atomic E-state index is 3.66. The van der Waals surface area contributed by atoms with Gasteiger partial charge in [-0.1, -0.05) is 52.3 Å². The van der Waals surface area contributed by atoms with Gasteiger partial charge in [0.15, 0.2) is 0 Å². The first-order chi connectivity index (χ1) is 13.3. The van der Waals surface area contributed by atoms with Crippen LogP contribution in [0.2, 0.25) is 0 Å². The number of fused-ring (bicyclic) bond motifs is 6. The number of para-hydroxylation sites is 1. The lowest BCUT2D eigenvalue weighted by atomic mass is 10.1. The molecule has 6 aromatic rings. The molecule has 1 nitrogen and oxygen atoms in total. The molecule has 0 aliphatic rings. The van der Waals surface area contributed by atoms with Crippen molar-refractivity contribution >= 4 is 69.2 Å². The van der Waals surface area contributed by atoms with E-state index in [-0.39, 0.29) is 0 Å². The Morgan fingerprint density at radius 1 is 0.593 bits per heavy atom. The normalized spacial score (nSPS) is 11.9. The van der Waals surface area contributed by atoms with Crippen LogP contribution in [0.4, 0.5) is 0 Å². The van der Waals surface area contributed by atoms with E-state index in [0.29, 0.717) is 0 Å². The van der Waals surface area contributed by atoms with Crippen molar-refractivity contribution in [2.24, 2.45) is 0 Å². The Bertz CT molecular complexity index is 1470. The predicted octanol–water partition coefficient (Wildman–Crippen LogP) is 7.91. The highest BCUT2D eigenvalue weighted by Gasteiger charge is 2.15. The van der Waals surface area contributed by atoms with E-state index in [0.717, 1.165) is 4.47 Å². The summed E-state index contributed by atoms with van der Waals surface area (Å²) in [5.41, 5.74) is 3.69. The van der Waals surface area contributed by atoms with Gasteiger partial charge in [0.2, 0.25) is 0 Å². The van der Waals surface area contributed by atoms with Gasteiger partial charge in [-0.2, -0.15) is 0 Å². The number of hydrogen-bond donors (Lipinski definition) is 0. The minimum Gasteiger partial charge on any atom is -0.309 e. The van der Waals surface area contributed by atoms with Crippen molar-refractivity contribution in [3.05, 3.63) is 89.4 Å². The molecule has 0 unspecified atom stereocenters. The first-order valence-corrected chi connectivity index (χ1v) is 10.5. The summed E-state index contributed by atoms with van der Waals surface area (Å²) in [5, 5.41) is 5.26. The van der Waals surface area contributed by atoms with Crippen molar-refractivity contribution in [1.82, 2.24) is 4.57 Å². The van der Waals surface area contributed by atoms with E-state index < -0.39 is 0 Å². The van der Waals surface area contributed by atoms with E-state index in [2.05, 4.69) is 105 Å². The van der Waals surface area contributed by atoms with Crippen LogP contribution in [0, 0.1) is 0 Å². The quantitative estimate of drug-likeness (QED) is 0.251. The molecule has 0 N–H and O–H groups in total. The molecule has 6 rings (SSSR count). The van der Waals surface area contributed by atoms with Gasteiger partial charge >= 0.3 is 0 Å². The number of thiophene rings is 1. The molecule has 128 valence electrons. The molecule has 0 spiro atoms. The van der Waals surface area contributed by atoms with E-state index >= 15 is 0 Å². The standard InChI is InChI=1S/C24H14BrNS/c25-15-10-11-21-18(12-15)19-13-20-17-8-4-5-9-23(17)27-24(20)14-22(19)26(21)16-6-2-1-3-7-16/h1-14H. The van der Waals surface area contributed by atoms with Crippen molar-refractivity contribution in [1.29, 1.82) is 0 Å². The summed E-state index contributed by atoms with van der Waals surface area (Å²) < 4.78 is 6.16. The fraction of sp³-hybridized carbons (Fsp3) is 0. The van der Waals surface area contributed by atoms with E-state index in [1.165, 1.54) is 47.7 Å². The largest absolute Gasteiger partial charge is 0.309 e. The average Bonchev–Trinajstić information content (AvgIpc) is 3.21. The van der Waals surface area contributed by atoms with Gasteiger partial charge in [-0.3, -0.25) is 0 Å². The van der Waals surface area contributed by atoms with E-state index in [1.54, 1.807) is 0 Å². The number of benzene rings is 4. The number of rotatable bonds is 1. The van der Waals surface area contributed by atoms with Crippen LogP contribution in [0.3, 0.4) is 0 Å². The molecule has 0 bridgehead atoms. The molecular weight excluding hydrogens is 414 g/mol. The second kappa shape index (κ2) is 5.69. The van der Waals surface area contributed by atoms with Crippen LogP contribution in [-0.4, -0.2) is 4.57 Å². The summed E-state index contributed by atoms with van der Waals surface area (Å²) in [7, 11) is 0. The smallest absolute Gasteiger partial charge is 0.0555 e. The topological polar surface area (TPSA) is 4.93 Å². The fourth-order valence-electron chi connectivity index (χ4n) is 4.07. The van der Waals surface area contributed by atoms with Crippen LogP contribution >= 0.6 is 27.3 Å². The monoisotopic (exact) mass is 427 g/mol. The second-order valence-electron chi connectivity index (χ2n) is 6.80. The lowest BCUT2D eigenvalue weighted by molar-refractivity contribution is 1.18. The Kier molecular flexibility index (Phi) is 3.25. The van der Waals surface area contributed by atoms with Gasteiger partial charge < -0.3 is 4.57 Å². The van der Waals surface area contributed by atoms with Crippen LogP contribution in [0.15, 0.2) is 89.4 Å². The third kappa shape index (κ3) is 2.22. The van der Waals surface area contributed by atoms with E-state index in [9.17, 15) is 0 Å². The Morgan fingerprint density at radius 3 is 2.26 bits per heavy atom. The molecule has 0 radical (unpaired) electrons. The van der Waals surface area contributed by atoms with Gasteiger partial charge in [-0.15, -0.1) is 11.3 Å². The lowest BCUT2D eigenvalue weighted by Crippen LogP contribution is -1.92. The number of nitrogens with zero attached hydrogens (tertiary/aromatic N) is 1. The highest BCUT2D eigenvalue weighted by molar-refractivity contribution is 9.10. The molecule has 0 amide bonds. The summed E-state index contributed by atoms with van der Waals surface area (Å²) in [5.74, 6) is 0. The molecule has 0 fully saturated rings. The van der Waals surface area contributed by atoms with Crippen LogP contribution in [0.25, 0.3) is 47.7 Å². The van der Waals surface area contributed by atoms with Gasteiger partial charge in [0.25, 0.3) is 0 Å². The fourth-order valence-corrected chi connectivity index (χ4v) is 5.55. The van der Waals surface area contributed by atoms with Gasteiger partial charge in [-0.25, -0.2) is 0 Å². The molecule has 3 heteroatoms. The van der Waals surface area contributed by atoms with Crippen molar-refractivity contribution in [3.8, 4) is 5.69 Å².